The van der Waals surface area contributed by atoms with Gasteiger partial charge in [-0.25, -0.2) is 0 Å². The summed E-state index contributed by atoms with van der Waals surface area (Å²) in [5, 5.41) is 0. The molecule has 3 nitrogen and oxygen atoms in total. The predicted octanol–water partition coefficient (Wildman–Crippen LogP) is 3.33. The van der Waals surface area contributed by atoms with Crippen LogP contribution in [0.3, 0.4) is 0 Å². The van der Waals surface area contributed by atoms with E-state index in [1.807, 2.05) is 11.9 Å². The van der Waals surface area contributed by atoms with Gasteiger partial charge in [-0.3, -0.25) is 4.79 Å². The number of hydrogen-bond acceptors (Lipinski definition) is 2. The molecule has 1 aliphatic rings. The number of hydrogen-bond donors (Lipinski definition) is 1. The van der Waals surface area contributed by atoms with Crippen LogP contribution >= 0.6 is 0 Å². The van der Waals surface area contributed by atoms with E-state index >= 15 is 0 Å². The fraction of sp³-hybridized carbons (Fsp3) is 0.632. The zero-order valence-corrected chi connectivity index (χ0v) is 14.2. The van der Waals surface area contributed by atoms with Crippen molar-refractivity contribution < 1.29 is 4.79 Å². The van der Waals surface area contributed by atoms with E-state index < -0.39 is 0 Å². The van der Waals surface area contributed by atoms with Gasteiger partial charge in [0.1, 0.15) is 0 Å². The Labute approximate surface area is 134 Å². The average molecular weight is 302 g/mol. The normalized spacial score (nSPS) is 18.9. The summed E-state index contributed by atoms with van der Waals surface area (Å²) >= 11 is 0. The molecule has 22 heavy (non-hydrogen) atoms. The lowest BCUT2D eigenvalue weighted by atomic mass is 9.81. The van der Waals surface area contributed by atoms with Gasteiger partial charge in [-0.15, -0.1) is 0 Å². The Morgan fingerprint density at radius 1 is 1.36 bits per heavy atom. The first-order chi connectivity index (χ1) is 10.5. The van der Waals surface area contributed by atoms with Crippen LogP contribution in [0.5, 0.6) is 0 Å². The van der Waals surface area contributed by atoms with Crippen molar-refractivity contribution in [2.24, 2.45) is 11.7 Å². The van der Waals surface area contributed by atoms with Gasteiger partial charge in [0.25, 0.3) is 0 Å². The van der Waals surface area contributed by atoms with Crippen molar-refractivity contribution in [1.29, 1.82) is 0 Å². The predicted molar refractivity (Wildman–Crippen MR) is 91.8 cm³/mol. The summed E-state index contributed by atoms with van der Waals surface area (Å²) in [6, 6.07) is 8.76. The Balaban J connectivity index is 1.90. The lowest BCUT2D eigenvalue weighted by Gasteiger charge is -2.27. The van der Waals surface area contributed by atoms with Gasteiger partial charge < -0.3 is 10.6 Å². The van der Waals surface area contributed by atoms with Gasteiger partial charge in [-0.05, 0) is 48.6 Å². The minimum atomic E-state index is 0.172. The maximum Gasteiger partial charge on any atom is 0.222 e. The minimum Gasteiger partial charge on any atom is -0.346 e. The van der Waals surface area contributed by atoms with E-state index in [4.69, 9.17) is 5.73 Å². The number of nitrogens with two attached hydrogens (primary N) is 1. The topological polar surface area (TPSA) is 46.3 Å². The molecule has 0 aliphatic heterocycles. The second-order valence-corrected chi connectivity index (χ2v) is 7.00. The van der Waals surface area contributed by atoms with Crippen molar-refractivity contribution in [2.75, 3.05) is 13.6 Å². The molecule has 0 radical (unpaired) electrons. The van der Waals surface area contributed by atoms with E-state index in [-0.39, 0.29) is 11.9 Å². The first-order valence-corrected chi connectivity index (χ1v) is 8.56. The molecule has 0 saturated carbocycles. The fourth-order valence-corrected chi connectivity index (χ4v) is 3.23. The largest absolute Gasteiger partial charge is 0.346 e. The molecule has 0 heterocycles. The highest BCUT2D eigenvalue weighted by atomic mass is 16.2. The van der Waals surface area contributed by atoms with Crippen molar-refractivity contribution in [3.63, 3.8) is 0 Å². The van der Waals surface area contributed by atoms with Crippen molar-refractivity contribution in [1.82, 2.24) is 4.90 Å². The quantitative estimate of drug-likeness (QED) is 0.876. The number of fused-ring (bicyclic) bond motifs is 1. The van der Waals surface area contributed by atoms with Crippen molar-refractivity contribution in [2.45, 2.75) is 57.9 Å². The van der Waals surface area contributed by atoms with Crippen molar-refractivity contribution in [3.05, 3.63) is 35.4 Å². The standard InChI is InChI=1S/C19H30N2O/c1-14(2)18(20)11-12-21(3)19(22)13-16-9-6-8-15-7-4-5-10-17(15)16/h4-5,7,10,14,16,18H,6,8-9,11-13,20H2,1-3H3. The maximum atomic E-state index is 12.5. The van der Waals surface area contributed by atoms with E-state index in [1.54, 1.807) is 0 Å². The summed E-state index contributed by atoms with van der Waals surface area (Å²) in [7, 11) is 1.91. The molecule has 2 atom stereocenters. The first kappa shape index (κ1) is 17.0. The third-order valence-electron chi connectivity index (χ3n) is 4.99. The highest BCUT2D eigenvalue weighted by Gasteiger charge is 2.23. The summed E-state index contributed by atoms with van der Waals surface area (Å²) in [6.45, 7) is 5.02. The second-order valence-electron chi connectivity index (χ2n) is 7.00. The molecular weight excluding hydrogens is 272 g/mol. The van der Waals surface area contributed by atoms with Crippen LogP contribution in [0.1, 0.15) is 56.6 Å². The molecule has 2 unspecified atom stereocenters. The van der Waals surface area contributed by atoms with Crippen LogP contribution in [-0.4, -0.2) is 30.4 Å². The maximum absolute atomic E-state index is 12.5. The van der Waals surface area contributed by atoms with Crippen LogP contribution in [0.2, 0.25) is 0 Å². The smallest absolute Gasteiger partial charge is 0.222 e. The molecule has 0 aromatic heterocycles. The minimum absolute atomic E-state index is 0.172. The lowest BCUT2D eigenvalue weighted by Crippen LogP contribution is -2.35. The molecule has 0 fully saturated rings. The van der Waals surface area contributed by atoms with Gasteiger partial charge in [0.15, 0.2) is 0 Å². The van der Waals surface area contributed by atoms with Crippen LogP contribution in [0.4, 0.5) is 0 Å². The van der Waals surface area contributed by atoms with Crippen molar-refractivity contribution in [3.8, 4) is 0 Å². The van der Waals surface area contributed by atoms with E-state index in [0.29, 0.717) is 18.3 Å². The number of nitrogens with zero attached hydrogens (tertiary/aromatic N) is 1. The second kappa shape index (κ2) is 7.77. The van der Waals surface area contributed by atoms with Gasteiger partial charge in [0.05, 0.1) is 0 Å². The number of aryl methyl sites for hydroxylation is 1. The molecule has 0 spiro atoms. The molecule has 3 heteroatoms. The van der Waals surface area contributed by atoms with E-state index in [1.165, 1.54) is 17.5 Å². The van der Waals surface area contributed by atoms with Gasteiger partial charge in [0.2, 0.25) is 5.91 Å². The fourth-order valence-electron chi connectivity index (χ4n) is 3.23. The molecule has 2 N–H and O–H groups in total. The Hall–Kier alpha value is -1.35. The van der Waals surface area contributed by atoms with Crippen LogP contribution in [0.15, 0.2) is 24.3 Å². The highest BCUT2D eigenvalue weighted by Crippen LogP contribution is 2.34. The number of amides is 1. The number of carbonyl (C=O) groups is 1. The Morgan fingerprint density at radius 2 is 2.09 bits per heavy atom. The Bertz CT molecular complexity index is 498. The van der Waals surface area contributed by atoms with Crippen LogP contribution < -0.4 is 5.73 Å². The van der Waals surface area contributed by atoms with Gasteiger partial charge >= 0.3 is 0 Å². The van der Waals surface area contributed by atoms with Gasteiger partial charge in [-0.1, -0.05) is 38.1 Å². The Morgan fingerprint density at radius 3 is 2.82 bits per heavy atom. The molecule has 2 rings (SSSR count). The molecule has 0 bridgehead atoms. The molecule has 0 saturated heterocycles. The van der Waals surface area contributed by atoms with E-state index in [0.717, 1.165) is 25.8 Å². The highest BCUT2D eigenvalue weighted by molar-refractivity contribution is 5.77. The molecule has 1 aliphatic carbocycles. The van der Waals surface area contributed by atoms with Crippen LogP contribution in [0.25, 0.3) is 0 Å². The molecule has 122 valence electrons. The molecule has 1 aromatic carbocycles. The van der Waals surface area contributed by atoms with Gasteiger partial charge in [0, 0.05) is 26.1 Å². The SMILES string of the molecule is CC(C)C(N)CCN(C)C(=O)CC1CCCc2ccccc21. The molecular formula is C19H30N2O. The average Bonchev–Trinajstić information content (AvgIpc) is 2.52. The summed E-state index contributed by atoms with van der Waals surface area (Å²) in [6.07, 6.45) is 4.98. The first-order valence-electron chi connectivity index (χ1n) is 8.56. The zero-order valence-electron chi connectivity index (χ0n) is 14.2. The van der Waals surface area contributed by atoms with Crippen LogP contribution in [0, 0.1) is 5.92 Å². The zero-order chi connectivity index (χ0) is 16.1. The third-order valence-corrected chi connectivity index (χ3v) is 4.99. The van der Waals surface area contributed by atoms with Crippen LogP contribution in [-0.2, 0) is 11.2 Å². The summed E-state index contributed by atoms with van der Waals surface area (Å²) in [5.74, 6) is 1.10. The summed E-state index contributed by atoms with van der Waals surface area (Å²) in [4.78, 5) is 14.3. The van der Waals surface area contributed by atoms with Crippen molar-refractivity contribution >= 4 is 5.91 Å². The van der Waals surface area contributed by atoms with E-state index in [2.05, 4.69) is 38.1 Å². The van der Waals surface area contributed by atoms with Gasteiger partial charge in [-0.2, -0.15) is 0 Å². The summed E-state index contributed by atoms with van der Waals surface area (Å²) < 4.78 is 0. The number of benzene rings is 1. The Kier molecular flexibility index (Phi) is 6.01. The molecule has 1 aromatic rings. The number of rotatable bonds is 6. The monoisotopic (exact) mass is 302 g/mol. The molecule has 1 amide bonds. The van der Waals surface area contributed by atoms with E-state index in [9.17, 15) is 4.79 Å². The lowest BCUT2D eigenvalue weighted by molar-refractivity contribution is -0.130. The third kappa shape index (κ3) is 4.33. The number of carbonyl (C=O) groups excluding carboxylic acids is 1. The summed E-state index contributed by atoms with van der Waals surface area (Å²) in [5.41, 5.74) is 8.89.